The zero-order valence-electron chi connectivity index (χ0n) is 13.8. The number of hydrogen-bond acceptors (Lipinski definition) is 2. The van der Waals surface area contributed by atoms with E-state index in [1.165, 1.54) is 17.0 Å². The first-order valence-corrected chi connectivity index (χ1v) is 8.24. The third-order valence-electron chi connectivity index (χ3n) is 4.67. The van der Waals surface area contributed by atoms with E-state index in [1.807, 2.05) is 6.92 Å². The summed E-state index contributed by atoms with van der Waals surface area (Å²) < 4.78 is 38.3. The summed E-state index contributed by atoms with van der Waals surface area (Å²) in [7, 11) is 0. The quantitative estimate of drug-likeness (QED) is 0.856. The second kappa shape index (κ2) is 6.57. The van der Waals surface area contributed by atoms with Crippen molar-refractivity contribution in [2.75, 3.05) is 13.1 Å². The number of hydrogen-bond donors (Lipinski definition) is 2. The van der Waals surface area contributed by atoms with Crippen LogP contribution in [-0.2, 0) is 11.0 Å². The molecule has 136 valence electrons. The van der Waals surface area contributed by atoms with Gasteiger partial charge >= 0.3 is 12.2 Å². The van der Waals surface area contributed by atoms with Gasteiger partial charge in [-0.15, -0.1) is 0 Å². The number of nitrogens with one attached hydrogen (secondary N) is 2. The maximum atomic E-state index is 12.8. The van der Waals surface area contributed by atoms with Crippen molar-refractivity contribution >= 4 is 11.9 Å². The van der Waals surface area contributed by atoms with Crippen molar-refractivity contribution in [2.45, 2.75) is 43.9 Å². The van der Waals surface area contributed by atoms with E-state index in [4.69, 9.17) is 0 Å². The van der Waals surface area contributed by atoms with Crippen LogP contribution >= 0.6 is 0 Å². The molecule has 1 aromatic carbocycles. The lowest BCUT2D eigenvalue weighted by molar-refractivity contribution is -0.137. The predicted octanol–water partition coefficient (Wildman–Crippen LogP) is 2.48. The number of carbonyl (C=O) groups is 2. The topological polar surface area (TPSA) is 61.4 Å². The average Bonchev–Trinajstić information content (AvgIpc) is 2.48. The Labute approximate surface area is 143 Å². The van der Waals surface area contributed by atoms with Crippen LogP contribution in [0.25, 0.3) is 0 Å². The Morgan fingerprint density at radius 3 is 2.68 bits per heavy atom. The summed E-state index contributed by atoms with van der Waals surface area (Å²) in [6.07, 6.45) is -3.15. The maximum Gasteiger partial charge on any atom is 0.416 e. The summed E-state index contributed by atoms with van der Waals surface area (Å²) in [5.74, 6) is -0.180. The molecule has 2 N–H and O–H groups in total. The number of carbonyl (C=O) groups excluding carboxylic acids is 2. The molecule has 1 aromatic rings. The van der Waals surface area contributed by atoms with Crippen LogP contribution in [0.15, 0.2) is 24.3 Å². The molecule has 5 nitrogen and oxygen atoms in total. The summed E-state index contributed by atoms with van der Waals surface area (Å²) in [6.45, 7) is 2.30. The summed E-state index contributed by atoms with van der Waals surface area (Å²) in [5.41, 5.74) is -0.00269. The van der Waals surface area contributed by atoms with Crippen molar-refractivity contribution in [3.05, 3.63) is 35.4 Å². The van der Waals surface area contributed by atoms with E-state index in [1.54, 1.807) is 6.07 Å². The van der Waals surface area contributed by atoms with E-state index >= 15 is 0 Å². The number of alkyl halides is 3. The molecule has 1 saturated heterocycles. The minimum absolute atomic E-state index is 0.0104. The van der Waals surface area contributed by atoms with Gasteiger partial charge in [0.05, 0.1) is 5.56 Å². The summed E-state index contributed by atoms with van der Waals surface area (Å²) >= 11 is 0. The Kier molecular flexibility index (Phi) is 4.62. The first-order chi connectivity index (χ1) is 11.7. The first kappa shape index (κ1) is 17.6. The van der Waals surface area contributed by atoms with Gasteiger partial charge < -0.3 is 15.5 Å². The number of urea groups is 1. The van der Waals surface area contributed by atoms with E-state index < -0.39 is 11.7 Å². The second-order valence-corrected chi connectivity index (χ2v) is 6.79. The Morgan fingerprint density at radius 1 is 1.32 bits per heavy atom. The van der Waals surface area contributed by atoms with Gasteiger partial charge in [-0.05, 0) is 37.3 Å². The van der Waals surface area contributed by atoms with E-state index in [0.29, 0.717) is 24.9 Å². The van der Waals surface area contributed by atoms with Gasteiger partial charge in [0.1, 0.15) is 6.54 Å². The van der Waals surface area contributed by atoms with E-state index in [9.17, 15) is 22.8 Å². The Morgan fingerprint density at radius 2 is 2.04 bits per heavy atom. The minimum Gasteiger partial charge on any atom is -0.350 e. The maximum absolute atomic E-state index is 12.8. The molecule has 2 fully saturated rings. The molecule has 0 bridgehead atoms. The Bertz CT molecular complexity index is 671. The molecule has 8 heteroatoms. The number of halogens is 3. The van der Waals surface area contributed by atoms with Crippen molar-refractivity contribution < 1.29 is 22.8 Å². The van der Waals surface area contributed by atoms with Gasteiger partial charge in [0.15, 0.2) is 0 Å². The molecule has 1 unspecified atom stereocenters. The van der Waals surface area contributed by atoms with E-state index in [-0.39, 0.29) is 36.5 Å². The molecule has 0 radical (unpaired) electrons. The smallest absolute Gasteiger partial charge is 0.350 e. The van der Waals surface area contributed by atoms with Gasteiger partial charge in [-0.2, -0.15) is 13.2 Å². The third-order valence-corrected chi connectivity index (χ3v) is 4.67. The van der Waals surface area contributed by atoms with Crippen LogP contribution < -0.4 is 10.6 Å². The summed E-state index contributed by atoms with van der Waals surface area (Å²) in [4.78, 5) is 25.1. The highest BCUT2D eigenvalue weighted by molar-refractivity contribution is 5.85. The van der Waals surface area contributed by atoms with Crippen LogP contribution in [0, 0.1) is 0 Å². The average molecular weight is 355 g/mol. The molecule has 3 rings (SSSR count). The van der Waals surface area contributed by atoms with Crippen molar-refractivity contribution in [3.63, 3.8) is 0 Å². The lowest BCUT2D eigenvalue weighted by Crippen LogP contribution is -2.58. The highest BCUT2D eigenvalue weighted by Gasteiger charge is 2.36. The van der Waals surface area contributed by atoms with E-state index in [2.05, 4.69) is 10.6 Å². The molecule has 25 heavy (non-hydrogen) atoms. The predicted molar refractivity (Wildman–Crippen MR) is 84.9 cm³/mol. The molecule has 1 aliphatic heterocycles. The summed E-state index contributed by atoms with van der Waals surface area (Å²) in [5, 5.41) is 5.60. The second-order valence-electron chi connectivity index (χ2n) is 6.79. The zero-order valence-corrected chi connectivity index (χ0v) is 13.8. The highest BCUT2D eigenvalue weighted by atomic mass is 19.4. The number of nitrogens with zero attached hydrogens (tertiary/aromatic N) is 1. The van der Waals surface area contributed by atoms with Crippen molar-refractivity contribution in [2.24, 2.45) is 0 Å². The van der Waals surface area contributed by atoms with Crippen molar-refractivity contribution in [3.8, 4) is 0 Å². The molecular formula is C17H20F3N3O2. The molecule has 3 amide bonds. The SMILES string of the molecule is CC1CN(C(=O)NC2CC(c3cccc(C(F)(F)F)c3)C2)CC(=O)N1. The van der Waals surface area contributed by atoms with Gasteiger partial charge in [-0.25, -0.2) is 4.79 Å². The van der Waals surface area contributed by atoms with Crippen LogP contribution in [-0.4, -0.2) is 42.0 Å². The number of amides is 3. The van der Waals surface area contributed by atoms with E-state index in [0.717, 1.165) is 6.07 Å². The van der Waals surface area contributed by atoms with Crippen LogP contribution in [0.3, 0.4) is 0 Å². The third kappa shape index (κ3) is 4.05. The monoisotopic (exact) mass is 355 g/mol. The van der Waals surface area contributed by atoms with Crippen LogP contribution in [0.4, 0.5) is 18.0 Å². The Balaban J connectivity index is 1.53. The molecule has 2 aliphatic rings. The fourth-order valence-electron chi connectivity index (χ4n) is 3.33. The molecule has 0 aromatic heterocycles. The molecule has 0 spiro atoms. The van der Waals surface area contributed by atoms with Crippen LogP contribution in [0.5, 0.6) is 0 Å². The lowest BCUT2D eigenvalue weighted by Gasteiger charge is -2.39. The molecule has 1 aliphatic carbocycles. The van der Waals surface area contributed by atoms with Gasteiger partial charge in [-0.3, -0.25) is 4.79 Å². The van der Waals surface area contributed by atoms with Crippen LogP contribution in [0.2, 0.25) is 0 Å². The lowest BCUT2D eigenvalue weighted by atomic mass is 9.75. The molecular weight excluding hydrogens is 335 g/mol. The minimum atomic E-state index is -4.35. The standard InChI is InChI=1S/C17H20F3N3O2/c1-10-8-23(9-15(24)21-10)16(25)22-14-6-12(7-14)11-3-2-4-13(5-11)17(18,19)20/h2-5,10,12,14H,6-9H2,1H3,(H,21,24)(H,22,25). The number of piperazine rings is 1. The number of rotatable bonds is 2. The Hall–Kier alpha value is -2.25. The zero-order chi connectivity index (χ0) is 18.2. The largest absolute Gasteiger partial charge is 0.416 e. The molecule has 1 saturated carbocycles. The fourth-order valence-corrected chi connectivity index (χ4v) is 3.33. The van der Waals surface area contributed by atoms with Gasteiger partial charge in [0, 0.05) is 18.6 Å². The molecule has 1 atom stereocenters. The van der Waals surface area contributed by atoms with Crippen molar-refractivity contribution in [1.29, 1.82) is 0 Å². The highest BCUT2D eigenvalue weighted by Crippen LogP contribution is 2.39. The first-order valence-electron chi connectivity index (χ1n) is 8.24. The van der Waals surface area contributed by atoms with Gasteiger partial charge in [0.2, 0.25) is 5.91 Å². The summed E-state index contributed by atoms with van der Waals surface area (Å²) in [6, 6.07) is 4.88. The van der Waals surface area contributed by atoms with Crippen molar-refractivity contribution in [1.82, 2.24) is 15.5 Å². The molecule has 1 heterocycles. The number of benzene rings is 1. The normalized spacial score (nSPS) is 26.6. The van der Waals surface area contributed by atoms with Crippen LogP contribution in [0.1, 0.15) is 36.8 Å². The fraction of sp³-hybridized carbons (Fsp3) is 0.529. The van der Waals surface area contributed by atoms with Gasteiger partial charge in [-0.1, -0.05) is 18.2 Å². The van der Waals surface area contributed by atoms with Gasteiger partial charge in [0.25, 0.3) is 0 Å².